The van der Waals surface area contributed by atoms with E-state index in [1.807, 2.05) is 54.6 Å². The van der Waals surface area contributed by atoms with E-state index in [2.05, 4.69) is 5.32 Å². The molecule has 2 amide bonds. The second-order valence-electron chi connectivity index (χ2n) is 6.45. The molecule has 1 N–H and O–H groups in total. The van der Waals surface area contributed by atoms with Gasteiger partial charge in [-0.2, -0.15) is 0 Å². The van der Waals surface area contributed by atoms with Crippen LogP contribution in [0.2, 0.25) is 0 Å². The first kappa shape index (κ1) is 18.6. The minimum absolute atomic E-state index is 0.183. The van der Waals surface area contributed by atoms with Crippen molar-refractivity contribution in [3.63, 3.8) is 0 Å². The van der Waals surface area contributed by atoms with E-state index in [4.69, 9.17) is 4.74 Å². The van der Waals surface area contributed by atoms with E-state index in [-0.39, 0.29) is 24.8 Å². The molecule has 0 fully saturated rings. The summed E-state index contributed by atoms with van der Waals surface area (Å²) in [4.78, 5) is 38.7. The Labute approximate surface area is 158 Å². The number of methoxy groups -OCH3 is 1. The molecule has 2 aromatic carbocycles. The van der Waals surface area contributed by atoms with E-state index in [1.165, 1.54) is 12.0 Å². The molecular formula is C21H22N2O4. The first-order valence-electron chi connectivity index (χ1n) is 8.88. The Morgan fingerprint density at radius 2 is 1.81 bits per heavy atom. The number of esters is 1. The van der Waals surface area contributed by atoms with E-state index in [0.29, 0.717) is 18.5 Å². The van der Waals surface area contributed by atoms with E-state index < -0.39 is 12.0 Å². The molecule has 6 heteroatoms. The van der Waals surface area contributed by atoms with Gasteiger partial charge in [0, 0.05) is 5.69 Å². The van der Waals surface area contributed by atoms with Crippen LogP contribution >= 0.6 is 0 Å². The highest BCUT2D eigenvalue weighted by Crippen LogP contribution is 2.27. The van der Waals surface area contributed by atoms with Crippen LogP contribution in [0.15, 0.2) is 54.6 Å². The monoisotopic (exact) mass is 366 g/mol. The highest BCUT2D eigenvalue weighted by molar-refractivity contribution is 6.03. The lowest BCUT2D eigenvalue weighted by atomic mass is 10.1. The minimum atomic E-state index is -0.682. The molecule has 0 bridgehead atoms. The van der Waals surface area contributed by atoms with Crippen LogP contribution in [0.4, 0.5) is 5.69 Å². The Morgan fingerprint density at radius 3 is 2.56 bits per heavy atom. The third-order valence-corrected chi connectivity index (χ3v) is 4.61. The smallest absolute Gasteiger partial charge is 0.325 e. The number of nitrogens with zero attached hydrogens (tertiary/aromatic N) is 1. The number of benzene rings is 2. The van der Waals surface area contributed by atoms with Crippen molar-refractivity contribution in [1.82, 2.24) is 5.32 Å². The quantitative estimate of drug-likeness (QED) is 0.820. The maximum atomic E-state index is 13.1. The number of fused-ring (bicyclic) bond motifs is 1. The molecule has 6 nitrogen and oxygen atoms in total. The molecule has 2 aromatic rings. The lowest BCUT2D eigenvalue weighted by molar-refractivity contribution is -0.140. The predicted molar refractivity (Wildman–Crippen MR) is 101 cm³/mol. The highest BCUT2D eigenvalue weighted by atomic mass is 16.5. The summed E-state index contributed by atoms with van der Waals surface area (Å²) in [6.45, 7) is -0.183. The van der Waals surface area contributed by atoms with Crippen LogP contribution in [-0.4, -0.2) is 37.5 Å². The van der Waals surface area contributed by atoms with Gasteiger partial charge < -0.3 is 10.1 Å². The van der Waals surface area contributed by atoms with Crippen LogP contribution in [0.5, 0.6) is 0 Å². The number of aryl methyl sites for hydroxylation is 1. The summed E-state index contributed by atoms with van der Waals surface area (Å²) in [7, 11) is 1.29. The lowest BCUT2D eigenvalue weighted by Crippen LogP contribution is -2.49. The lowest BCUT2D eigenvalue weighted by Gasteiger charge is -2.25. The molecule has 1 unspecified atom stereocenters. The number of carbonyl (C=O) groups excluding carboxylic acids is 3. The molecular weight excluding hydrogens is 344 g/mol. The van der Waals surface area contributed by atoms with Crippen LogP contribution in [0, 0.1) is 0 Å². The zero-order valence-corrected chi connectivity index (χ0v) is 15.2. The predicted octanol–water partition coefficient (Wildman–Crippen LogP) is 1.87. The summed E-state index contributed by atoms with van der Waals surface area (Å²) < 4.78 is 4.73. The van der Waals surface area contributed by atoms with Gasteiger partial charge in [0.05, 0.1) is 13.5 Å². The largest absolute Gasteiger partial charge is 0.468 e. The molecule has 0 saturated carbocycles. The number of para-hydroxylation sites is 1. The van der Waals surface area contributed by atoms with E-state index >= 15 is 0 Å². The molecule has 1 atom stereocenters. The summed E-state index contributed by atoms with van der Waals surface area (Å²) in [5, 5.41) is 2.83. The Kier molecular flexibility index (Phi) is 5.86. The number of anilines is 1. The Balaban J connectivity index is 1.78. The summed E-state index contributed by atoms with van der Waals surface area (Å²) in [5.74, 6) is -1.02. The van der Waals surface area contributed by atoms with Crippen LogP contribution in [0.1, 0.15) is 17.5 Å². The zero-order valence-electron chi connectivity index (χ0n) is 15.2. The first-order valence-corrected chi connectivity index (χ1v) is 8.88. The van der Waals surface area contributed by atoms with E-state index in [1.54, 1.807) is 0 Å². The van der Waals surface area contributed by atoms with Crippen LogP contribution in [0.3, 0.4) is 0 Å². The number of hydrogen-bond acceptors (Lipinski definition) is 4. The fourth-order valence-corrected chi connectivity index (χ4v) is 3.23. The van der Waals surface area contributed by atoms with Crippen molar-refractivity contribution < 1.29 is 19.1 Å². The molecule has 0 spiro atoms. The number of amides is 2. The van der Waals surface area contributed by atoms with Crippen LogP contribution in [0.25, 0.3) is 0 Å². The van der Waals surface area contributed by atoms with E-state index in [9.17, 15) is 14.4 Å². The zero-order chi connectivity index (χ0) is 19.2. The molecule has 1 aliphatic rings. The molecule has 0 radical (unpaired) electrons. The van der Waals surface area contributed by atoms with Crippen molar-refractivity contribution in [3.8, 4) is 0 Å². The maximum absolute atomic E-state index is 13.1. The Morgan fingerprint density at radius 1 is 1.11 bits per heavy atom. The van der Waals surface area contributed by atoms with Crippen molar-refractivity contribution in [1.29, 1.82) is 0 Å². The van der Waals surface area contributed by atoms with Crippen LogP contribution < -0.4 is 10.2 Å². The number of ether oxygens (including phenoxy) is 1. The Bertz CT molecular complexity index is 835. The second kappa shape index (κ2) is 8.49. The van der Waals surface area contributed by atoms with Crippen molar-refractivity contribution in [2.24, 2.45) is 0 Å². The molecule has 27 heavy (non-hydrogen) atoms. The van der Waals surface area contributed by atoms with Crippen molar-refractivity contribution >= 4 is 23.5 Å². The summed E-state index contributed by atoms with van der Waals surface area (Å²) >= 11 is 0. The first-order chi connectivity index (χ1) is 13.1. The number of hydrogen-bond donors (Lipinski definition) is 1. The fourth-order valence-electron chi connectivity index (χ4n) is 3.23. The topological polar surface area (TPSA) is 75.7 Å². The van der Waals surface area contributed by atoms with Gasteiger partial charge >= 0.3 is 5.97 Å². The summed E-state index contributed by atoms with van der Waals surface area (Å²) in [6, 6.07) is 16.1. The van der Waals surface area contributed by atoms with Crippen molar-refractivity contribution in [2.75, 3.05) is 18.6 Å². The molecule has 140 valence electrons. The molecule has 0 aliphatic carbocycles. The van der Waals surface area contributed by atoms with Gasteiger partial charge in [-0.15, -0.1) is 0 Å². The SMILES string of the molecule is COC(=O)CN1C(=O)C(NC(=O)Cc2ccccc2)CCc2ccccc21. The molecule has 0 saturated heterocycles. The van der Waals surface area contributed by atoms with Gasteiger partial charge in [-0.25, -0.2) is 0 Å². The van der Waals surface area contributed by atoms with Gasteiger partial charge in [0.25, 0.3) is 0 Å². The van der Waals surface area contributed by atoms with Gasteiger partial charge in [-0.05, 0) is 30.0 Å². The van der Waals surface area contributed by atoms with Gasteiger partial charge in [-0.3, -0.25) is 19.3 Å². The molecule has 3 rings (SSSR count). The summed E-state index contributed by atoms with van der Waals surface area (Å²) in [6.07, 6.45) is 1.32. The minimum Gasteiger partial charge on any atom is -0.468 e. The van der Waals surface area contributed by atoms with Gasteiger partial charge in [-0.1, -0.05) is 48.5 Å². The average molecular weight is 366 g/mol. The standard InChI is InChI=1S/C21H22N2O4/c1-27-20(25)14-23-18-10-6-5-9-16(18)11-12-17(21(23)26)22-19(24)13-15-7-3-2-4-8-15/h2-10,17H,11-14H2,1H3,(H,22,24). The summed E-state index contributed by atoms with van der Waals surface area (Å²) in [5.41, 5.74) is 2.54. The van der Waals surface area contributed by atoms with Crippen molar-refractivity contribution in [3.05, 3.63) is 65.7 Å². The Hall–Kier alpha value is -3.15. The van der Waals surface area contributed by atoms with E-state index in [0.717, 1.165) is 11.1 Å². The normalized spacial score (nSPS) is 16.3. The number of nitrogens with one attached hydrogen (secondary N) is 1. The average Bonchev–Trinajstić information content (AvgIpc) is 2.81. The third kappa shape index (κ3) is 4.53. The number of carbonyl (C=O) groups is 3. The van der Waals surface area contributed by atoms with Gasteiger partial charge in [0.2, 0.25) is 11.8 Å². The third-order valence-electron chi connectivity index (χ3n) is 4.61. The highest BCUT2D eigenvalue weighted by Gasteiger charge is 2.32. The molecule has 1 aliphatic heterocycles. The fraction of sp³-hybridized carbons (Fsp3) is 0.286. The van der Waals surface area contributed by atoms with Crippen LogP contribution in [-0.2, 0) is 32.0 Å². The second-order valence-corrected chi connectivity index (χ2v) is 6.45. The van der Waals surface area contributed by atoms with Crippen molar-refractivity contribution in [2.45, 2.75) is 25.3 Å². The maximum Gasteiger partial charge on any atom is 0.325 e. The number of rotatable bonds is 5. The van der Waals surface area contributed by atoms with Gasteiger partial charge in [0.1, 0.15) is 12.6 Å². The van der Waals surface area contributed by atoms with Gasteiger partial charge in [0.15, 0.2) is 0 Å². The molecule has 0 aromatic heterocycles. The molecule has 1 heterocycles.